The molecular weight excluding hydrogens is 678 g/mol. The molecule has 2 heterocycles. The van der Waals surface area contributed by atoms with E-state index in [1.807, 2.05) is 53.7 Å². The maximum atomic E-state index is 14.2. The Morgan fingerprint density at radius 2 is 1.43 bits per heavy atom. The van der Waals surface area contributed by atoms with Crippen LogP contribution in [0.5, 0.6) is 5.75 Å². The van der Waals surface area contributed by atoms with E-state index >= 15 is 0 Å². The summed E-state index contributed by atoms with van der Waals surface area (Å²) in [4.78, 5) is 73.5. The summed E-state index contributed by atoms with van der Waals surface area (Å²) in [5, 5.41) is 8.49. The minimum absolute atomic E-state index is 0.0140. The zero-order valence-corrected chi connectivity index (χ0v) is 33.0. The van der Waals surface area contributed by atoms with E-state index in [1.54, 1.807) is 57.3 Å². The van der Waals surface area contributed by atoms with Gasteiger partial charge in [0.2, 0.25) is 17.7 Å². The fraction of sp³-hybridized carbons (Fsp3) is 0.600. The summed E-state index contributed by atoms with van der Waals surface area (Å²) >= 11 is 0. The van der Waals surface area contributed by atoms with Gasteiger partial charge in [-0.25, -0.2) is 9.59 Å². The summed E-state index contributed by atoms with van der Waals surface area (Å²) in [5.74, 6) is -1.70. The molecule has 1 saturated heterocycles. The quantitative estimate of drug-likeness (QED) is 0.229. The second-order valence-corrected chi connectivity index (χ2v) is 16.7. The average Bonchev–Trinajstić information content (AvgIpc) is 3.56. The minimum atomic E-state index is -1.16. The van der Waals surface area contributed by atoms with Gasteiger partial charge < -0.3 is 30.2 Å². The molecule has 0 radical (unpaired) electrons. The lowest BCUT2D eigenvalue weighted by Gasteiger charge is -2.29. The van der Waals surface area contributed by atoms with Crippen LogP contribution in [0.3, 0.4) is 0 Å². The van der Waals surface area contributed by atoms with Crippen molar-refractivity contribution >= 4 is 29.8 Å². The number of carbonyl (C=O) groups is 5. The molecule has 1 fully saturated rings. The first kappa shape index (κ1) is 42.7. The van der Waals surface area contributed by atoms with Gasteiger partial charge in [-0.05, 0) is 102 Å². The lowest BCUT2D eigenvalue weighted by atomic mass is 9.88. The number of esters is 1. The summed E-state index contributed by atoms with van der Waals surface area (Å²) in [6.07, 6.45) is 3.00. The molecule has 0 unspecified atom stereocenters. The highest BCUT2D eigenvalue weighted by molar-refractivity contribution is 5.95. The molecular formula is C40H59N5O8. The highest BCUT2D eigenvalue weighted by atomic mass is 16.6. The Morgan fingerprint density at radius 1 is 0.811 bits per heavy atom. The van der Waals surface area contributed by atoms with Crippen LogP contribution in [-0.2, 0) is 41.5 Å². The van der Waals surface area contributed by atoms with Crippen LogP contribution in [0, 0.1) is 5.41 Å². The highest BCUT2D eigenvalue weighted by Gasteiger charge is 2.39. The van der Waals surface area contributed by atoms with Gasteiger partial charge in [-0.1, -0.05) is 39.0 Å². The van der Waals surface area contributed by atoms with Gasteiger partial charge in [0.15, 0.2) is 0 Å². The number of rotatable bonds is 14. The second-order valence-electron chi connectivity index (χ2n) is 16.7. The number of benzene rings is 1. The number of methoxy groups -OCH3 is 1. The van der Waals surface area contributed by atoms with E-state index in [9.17, 15) is 24.0 Å². The zero-order valence-electron chi connectivity index (χ0n) is 33.0. The third kappa shape index (κ3) is 14.7. The van der Waals surface area contributed by atoms with Crippen LogP contribution < -0.4 is 20.7 Å². The van der Waals surface area contributed by atoms with E-state index in [0.29, 0.717) is 43.7 Å². The number of ether oxygens (including phenoxy) is 3. The monoisotopic (exact) mass is 737 g/mol. The van der Waals surface area contributed by atoms with Crippen molar-refractivity contribution < 1.29 is 38.2 Å². The van der Waals surface area contributed by atoms with Crippen LogP contribution in [-0.4, -0.2) is 88.7 Å². The SMILES string of the molecule is COC(=O)[C@H](CCC(C)(C)C)NC(=O)[C@H](Cc1ccccn1)NC(=O)[C@H](Cc1ccc(OC(C)(C)C)cc1)NC(=O)[C@@H]1CCCN1C(=O)OC(C)(C)C. The van der Waals surface area contributed by atoms with Gasteiger partial charge in [0.1, 0.15) is 41.1 Å². The van der Waals surface area contributed by atoms with Crippen LogP contribution in [0.1, 0.15) is 99.3 Å². The Kier molecular flexibility index (Phi) is 14.8. The van der Waals surface area contributed by atoms with Crippen molar-refractivity contribution in [2.24, 2.45) is 5.41 Å². The van der Waals surface area contributed by atoms with E-state index in [1.165, 1.54) is 12.0 Å². The molecule has 0 saturated carbocycles. The molecule has 3 rings (SSSR count). The molecule has 1 aromatic carbocycles. The first-order chi connectivity index (χ1) is 24.6. The third-order valence-corrected chi connectivity index (χ3v) is 8.36. The second kappa shape index (κ2) is 18.4. The molecule has 1 aromatic heterocycles. The van der Waals surface area contributed by atoms with Gasteiger partial charge >= 0.3 is 12.1 Å². The number of hydrogen-bond acceptors (Lipinski definition) is 9. The van der Waals surface area contributed by atoms with Gasteiger partial charge in [-0.3, -0.25) is 24.3 Å². The largest absolute Gasteiger partial charge is 0.488 e. The Hall–Kier alpha value is -4.68. The maximum Gasteiger partial charge on any atom is 0.410 e. The van der Waals surface area contributed by atoms with Crippen molar-refractivity contribution in [3.63, 3.8) is 0 Å². The van der Waals surface area contributed by atoms with E-state index in [-0.39, 0.29) is 18.3 Å². The molecule has 3 N–H and O–H groups in total. The first-order valence-electron chi connectivity index (χ1n) is 18.3. The van der Waals surface area contributed by atoms with Crippen molar-refractivity contribution in [2.75, 3.05) is 13.7 Å². The molecule has 1 aliphatic rings. The number of pyridine rings is 1. The fourth-order valence-corrected chi connectivity index (χ4v) is 5.79. The third-order valence-electron chi connectivity index (χ3n) is 8.36. The smallest absolute Gasteiger partial charge is 0.410 e. The predicted molar refractivity (Wildman–Crippen MR) is 201 cm³/mol. The van der Waals surface area contributed by atoms with Gasteiger partial charge in [-0.15, -0.1) is 0 Å². The Balaban J connectivity index is 1.92. The lowest BCUT2D eigenvalue weighted by molar-refractivity contribution is -0.145. The Labute approximate surface area is 314 Å². The minimum Gasteiger partial charge on any atom is -0.488 e. The zero-order chi connectivity index (χ0) is 39.6. The molecule has 292 valence electrons. The molecule has 0 aliphatic carbocycles. The van der Waals surface area contributed by atoms with Crippen LogP contribution in [0.4, 0.5) is 4.79 Å². The molecule has 4 amide bonds. The molecule has 0 spiro atoms. The predicted octanol–water partition coefficient (Wildman–Crippen LogP) is 4.90. The number of nitrogens with one attached hydrogen (secondary N) is 3. The molecule has 2 aromatic rings. The number of aromatic nitrogens is 1. The number of carbonyl (C=O) groups excluding carboxylic acids is 5. The fourth-order valence-electron chi connectivity index (χ4n) is 5.79. The standard InChI is InChI=1S/C40H59N5O8/c1-38(2,3)21-20-29(36(49)51-10)42-34(47)31(25-27-14-11-12-22-41-27)43-33(46)30(24-26-16-18-28(19-17-26)52-39(4,5)6)44-35(48)32-15-13-23-45(32)37(50)53-40(7,8)9/h11-12,14,16-19,22,29-32H,13,15,20-21,23-25H2,1-10H3,(H,42,47)(H,43,46)(H,44,48)/t29-,30-,31-,32-/m0/s1. The molecule has 13 heteroatoms. The van der Waals surface area contributed by atoms with Gasteiger partial charge in [-0.2, -0.15) is 0 Å². The van der Waals surface area contributed by atoms with Crippen LogP contribution in [0.25, 0.3) is 0 Å². The van der Waals surface area contributed by atoms with Crippen molar-refractivity contribution in [2.45, 2.75) is 136 Å². The summed E-state index contributed by atoms with van der Waals surface area (Å²) < 4.78 is 16.5. The normalized spacial score (nSPS) is 16.5. The number of amides is 4. The van der Waals surface area contributed by atoms with Crippen molar-refractivity contribution in [3.8, 4) is 5.75 Å². The van der Waals surface area contributed by atoms with Crippen molar-refractivity contribution in [3.05, 3.63) is 59.9 Å². The lowest BCUT2D eigenvalue weighted by Crippen LogP contribution is -2.58. The molecule has 4 atom stereocenters. The van der Waals surface area contributed by atoms with E-state index < -0.39 is 65.2 Å². The van der Waals surface area contributed by atoms with E-state index in [0.717, 1.165) is 5.56 Å². The topological polar surface area (TPSA) is 165 Å². The van der Waals surface area contributed by atoms with Crippen molar-refractivity contribution in [1.29, 1.82) is 0 Å². The summed E-state index contributed by atoms with van der Waals surface area (Å²) in [5.41, 5.74) is -0.0250. The van der Waals surface area contributed by atoms with Gasteiger partial charge in [0.05, 0.1) is 7.11 Å². The highest BCUT2D eigenvalue weighted by Crippen LogP contribution is 2.24. The summed E-state index contributed by atoms with van der Waals surface area (Å²) in [7, 11) is 1.26. The van der Waals surface area contributed by atoms with Crippen LogP contribution in [0.2, 0.25) is 0 Å². The van der Waals surface area contributed by atoms with E-state index in [2.05, 4.69) is 20.9 Å². The van der Waals surface area contributed by atoms with Crippen molar-refractivity contribution in [1.82, 2.24) is 25.8 Å². The first-order valence-corrected chi connectivity index (χ1v) is 18.3. The molecule has 53 heavy (non-hydrogen) atoms. The number of nitrogens with zero attached hydrogens (tertiary/aromatic N) is 2. The summed E-state index contributed by atoms with van der Waals surface area (Å²) in [6.45, 7) is 17.5. The summed E-state index contributed by atoms with van der Waals surface area (Å²) in [6, 6.07) is 8.35. The van der Waals surface area contributed by atoms with Crippen LogP contribution >= 0.6 is 0 Å². The number of likely N-dealkylation sites (tertiary alicyclic amines) is 1. The number of hydrogen-bond donors (Lipinski definition) is 3. The molecule has 0 bridgehead atoms. The van der Waals surface area contributed by atoms with Crippen LogP contribution in [0.15, 0.2) is 48.7 Å². The Bertz CT molecular complexity index is 1540. The van der Waals surface area contributed by atoms with E-state index in [4.69, 9.17) is 14.2 Å². The Morgan fingerprint density at radius 3 is 1.98 bits per heavy atom. The maximum absolute atomic E-state index is 14.2. The molecule has 1 aliphatic heterocycles. The molecule has 13 nitrogen and oxygen atoms in total. The van der Waals surface area contributed by atoms with Gasteiger partial charge in [0.25, 0.3) is 0 Å². The van der Waals surface area contributed by atoms with Gasteiger partial charge in [0, 0.05) is 31.3 Å². The average molecular weight is 738 g/mol.